The molecule has 3 rings (SSSR count). The molecule has 18 heavy (non-hydrogen) atoms. The molecule has 0 spiro atoms. The highest BCUT2D eigenvalue weighted by atomic mass is 32.2. The van der Waals surface area contributed by atoms with E-state index in [0.717, 1.165) is 0 Å². The van der Waals surface area contributed by atoms with E-state index >= 15 is 0 Å². The lowest BCUT2D eigenvalue weighted by Crippen LogP contribution is -2.08. The molecule has 0 aliphatic carbocycles. The number of fused-ring (bicyclic) bond motifs is 3. The highest BCUT2D eigenvalue weighted by Gasteiger charge is 2.00. The van der Waals surface area contributed by atoms with Gasteiger partial charge in [-0.1, -0.05) is 36.4 Å². The molecule has 2 aromatic carbocycles. The molecule has 0 atom stereocenters. The van der Waals surface area contributed by atoms with E-state index in [2.05, 4.69) is 58.7 Å². The van der Waals surface area contributed by atoms with Crippen LogP contribution in [-0.2, 0) is 10.3 Å². The molecule has 0 aliphatic rings. The van der Waals surface area contributed by atoms with Gasteiger partial charge in [-0.05, 0) is 12.1 Å². The first-order chi connectivity index (χ1) is 8.45. The third kappa shape index (κ3) is 3.07. The molecule has 0 saturated heterocycles. The summed E-state index contributed by atoms with van der Waals surface area (Å²) < 4.78 is 25.2. The van der Waals surface area contributed by atoms with Crippen LogP contribution in [0, 0.1) is 0 Å². The van der Waals surface area contributed by atoms with Crippen molar-refractivity contribution >= 4 is 32.1 Å². The van der Waals surface area contributed by atoms with Crippen molar-refractivity contribution in [2.45, 2.75) is 0 Å². The number of para-hydroxylation sites is 2. The fourth-order valence-electron chi connectivity index (χ4n) is 1.80. The number of aromatic amines is 1. The zero-order valence-corrected chi connectivity index (χ0v) is 10.2. The average molecular weight is 264 g/mol. The molecule has 0 saturated carbocycles. The first-order valence-electron chi connectivity index (χ1n) is 5.16. The molecule has 0 amide bonds. The number of H-pyrrole nitrogens is 1. The van der Waals surface area contributed by atoms with Crippen LogP contribution in [0.2, 0.25) is 0 Å². The molecule has 0 radical (unpaired) electrons. The smallest absolute Gasteiger partial charge is 0.330 e. The second kappa shape index (κ2) is 4.77. The number of nitrogens with one attached hydrogen (secondary N) is 1. The summed E-state index contributed by atoms with van der Waals surface area (Å²) in [6.45, 7) is 0. The molecular formula is C12H12N2O3S. The van der Waals surface area contributed by atoms with Crippen molar-refractivity contribution < 1.29 is 13.0 Å². The first-order valence-corrected chi connectivity index (χ1v) is 6.66. The van der Waals surface area contributed by atoms with E-state index in [-0.39, 0.29) is 0 Å². The highest BCUT2D eigenvalue weighted by Crippen LogP contribution is 2.24. The monoisotopic (exact) mass is 264 g/mol. The Hall–Kier alpha value is -1.89. The predicted molar refractivity (Wildman–Crippen MR) is 71.5 cm³/mol. The van der Waals surface area contributed by atoms with Crippen molar-refractivity contribution in [3.63, 3.8) is 0 Å². The first kappa shape index (κ1) is 12.6. The number of benzene rings is 2. The van der Waals surface area contributed by atoms with Crippen LogP contribution in [0.25, 0.3) is 21.8 Å². The Labute approximate surface area is 104 Å². The van der Waals surface area contributed by atoms with E-state index in [1.54, 1.807) is 0 Å². The molecule has 1 aromatic heterocycles. The van der Waals surface area contributed by atoms with Crippen LogP contribution in [-0.4, -0.2) is 18.0 Å². The SMILES string of the molecule is NS(=O)(=O)O.c1ccc2c(c1)[nH]c1ccccc12. The van der Waals surface area contributed by atoms with Gasteiger partial charge in [0.25, 0.3) is 0 Å². The van der Waals surface area contributed by atoms with Gasteiger partial charge in [-0.3, -0.25) is 4.55 Å². The number of hydrogen-bond donors (Lipinski definition) is 3. The van der Waals surface area contributed by atoms with Crippen molar-refractivity contribution in [2.24, 2.45) is 5.14 Å². The number of hydrogen-bond acceptors (Lipinski definition) is 2. The lowest BCUT2D eigenvalue weighted by atomic mass is 10.2. The molecule has 1 heterocycles. The zero-order chi connectivity index (χ0) is 13.2. The van der Waals surface area contributed by atoms with E-state index < -0.39 is 10.3 Å². The van der Waals surface area contributed by atoms with Gasteiger partial charge in [-0.15, -0.1) is 0 Å². The normalized spacial score (nSPS) is 11.2. The molecule has 4 N–H and O–H groups in total. The lowest BCUT2D eigenvalue weighted by molar-refractivity contribution is 0.485. The molecule has 6 heteroatoms. The molecular weight excluding hydrogens is 252 g/mol. The van der Waals surface area contributed by atoms with E-state index in [4.69, 9.17) is 13.0 Å². The molecule has 5 nitrogen and oxygen atoms in total. The summed E-state index contributed by atoms with van der Waals surface area (Å²) in [5.41, 5.74) is 2.42. The van der Waals surface area contributed by atoms with Crippen molar-refractivity contribution in [2.75, 3.05) is 0 Å². The largest absolute Gasteiger partial charge is 0.355 e. The zero-order valence-electron chi connectivity index (χ0n) is 9.37. The van der Waals surface area contributed by atoms with Gasteiger partial charge >= 0.3 is 10.3 Å². The van der Waals surface area contributed by atoms with Crippen LogP contribution in [0.1, 0.15) is 0 Å². The van der Waals surface area contributed by atoms with E-state index in [1.165, 1.54) is 21.8 Å². The van der Waals surface area contributed by atoms with E-state index in [1.807, 2.05) is 0 Å². The van der Waals surface area contributed by atoms with Gasteiger partial charge in [-0.2, -0.15) is 8.42 Å². The van der Waals surface area contributed by atoms with Gasteiger partial charge in [0.05, 0.1) is 0 Å². The van der Waals surface area contributed by atoms with E-state index in [0.29, 0.717) is 0 Å². The molecule has 0 unspecified atom stereocenters. The maximum Gasteiger partial charge on any atom is 0.330 e. The summed E-state index contributed by atoms with van der Waals surface area (Å²) in [5.74, 6) is 0. The van der Waals surface area contributed by atoms with Gasteiger partial charge in [0.2, 0.25) is 0 Å². The van der Waals surface area contributed by atoms with Crippen molar-refractivity contribution in [1.82, 2.24) is 4.98 Å². The fraction of sp³-hybridized carbons (Fsp3) is 0. The minimum atomic E-state index is -4.17. The minimum Gasteiger partial charge on any atom is -0.355 e. The number of nitrogens with two attached hydrogens (primary N) is 1. The molecule has 0 bridgehead atoms. The van der Waals surface area contributed by atoms with Crippen LogP contribution in [0.5, 0.6) is 0 Å². The summed E-state index contributed by atoms with van der Waals surface area (Å²) in [7, 11) is -4.17. The third-order valence-corrected chi connectivity index (χ3v) is 2.41. The Morgan fingerprint density at radius 2 is 1.22 bits per heavy atom. The topological polar surface area (TPSA) is 96.2 Å². The van der Waals surface area contributed by atoms with Gasteiger partial charge in [-0.25, -0.2) is 5.14 Å². The maximum atomic E-state index is 8.97. The van der Waals surface area contributed by atoms with E-state index in [9.17, 15) is 0 Å². The van der Waals surface area contributed by atoms with Crippen LogP contribution in [0.3, 0.4) is 0 Å². The van der Waals surface area contributed by atoms with Crippen molar-refractivity contribution in [1.29, 1.82) is 0 Å². The molecule has 0 aliphatic heterocycles. The highest BCUT2D eigenvalue weighted by molar-refractivity contribution is 7.83. The third-order valence-electron chi connectivity index (χ3n) is 2.41. The number of rotatable bonds is 0. The van der Waals surface area contributed by atoms with Crippen LogP contribution < -0.4 is 5.14 Å². The predicted octanol–water partition coefficient (Wildman–Crippen LogP) is 2.07. The van der Waals surface area contributed by atoms with Gasteiger partial charge in [0.15, 0.2) is 0 Å². The average Bonchev–Trinajstić information content (AvgIpc) is 2.65. The Balaban J connectivity index is 0.000000209. The summed E-state index contributed by atoms with van der Waals surface area (Å²) in [5, 5.41) is 6.49. The molecule has 0 fully saturated rings. The Bertz CT molecular complexity index is 720. The van der Waals surface area contributed by atoms with Crippen LogP contribution >= 0.6 is 0 Å². The summed E-state index contributed by atoms with van der Waals surface area (Å²) in [6, 6.07) is 16.8. The minimum absolute atomic E-state index is 1.21. The summed E-state index contributed by atoms with van der Waals surface area (Å²) in [6.07, 6.45) is 0. The fourth-order valence-corrected chi connectivity index (χ4v) is 1.80. The second-order valence-corrected chi connectivity index (χ2v) is 4.76. The Morgan fingerprint density at radius 3 is 1.61 bits per heavy atom. The summed E-state index contributed by atoms with van der Waals surface area (Å²) in [4.78, 5) is 3.38. The maximum absolute atomic E-state index is 8.97. The lowest BCUT2D eigenvalue weighted by Gasteiger charge is -1.87. The van der Waals surface area contributed by atoms with Gasteiger partial charge in [0.1, 0.15) is 0 Å². The van der Waals surface area contributed by atoms with Gasteiger partial charge in [0, 0.05) is 21.8 Å². The van der Waals surface area contributed by atoms with Crippen LogP contribution in [0.15, 0.2) is 48.5 Å². The van der Waals surface area contributed by atoms with Gasteiger partial charge < -0.3 is 4.98 Å². The van der Waals surface area contributed by atoms with Crippen molar-refractivity contribution in [3.05, 3.63) is 48.5 Å². The second-order valence-electron chi connectivity index (χ2n) is 3.73. The Kier molecular flexibility index (Phi) is 3.33. The molecule has 94 valence electrons. The Morgan fingerprint density at radius 1 is 0.889 bits per heavy atom. The number of aromatic nitrogens is 1. The summed E-state index contributed by atoms with van der Waals surface area (Å²) >= 11 is 0. The quantitative estimate of drug-likeness (QED) is 0.542. The standard InChI is InChI=1S/C12H9N.H3NO3S/c1-3-7-11-9(5-1)10-6-2-4-8-12(10)13-11;1-5(2,3)4/h1-8,13H;(H3,1,2,3,4). The van der Waals surface area contributed by atoms with Crippen LogP contribution in [0.4, 0.5) is 0 Å². The molecule has 3 aromatic rings. The van der Waals surface area contributed by atoms with Crippen molar-refractivity contribution in [3.8, 4) is 0 Å².